The van der Waals surface area contributed by atoms with E-state index in [1.165, 1.54) is 0 Å². The number of nitrogens with zero attached hydrogens (tertiary/aromatic N) is 1. The van der Waals surface area contributed by atoms with Crippen LogP contribution in [-0.2, 0) is 0 Å². The summed E-state index contributed by atoms with van der Waals surface area (Å²) >= 11 is 0. The molecule has 0 saturated carbocycles. The Hall–Kier alpha value is -1.67. The van der Waals surface area contributed by atoms with Gasteiger partial charge in [-0.1, -0.05) is 18.2 Å². The van der Waals surface area contributed by atoms with Crippen LogP contribution in [0.5, 0.6) is 0 Å². The highest BCUT2D eigenvalue weighted by atomic mass is 14.7. The summed E-state index contributed by atoms with van der Waals surface area (Å²) in [6.07, 6.45) is 1.74. The molecule has 2 aromatic rings. The van der Waals surface area contributed by atoms with Gasteiger partial charge in [0.15, 0.2) is 0 Å². The second kappa shape index (κ2) is 3.83. The Morgan fingerprint density at radius 3 is 2.87 bits per heavy atom. The highest BCUT2D eigenvalue weighted by Crippen LogP contribution is 2.18. The van der Waals surface area contributed by atoms with Gasteiger partial charge in [0.2, 0.25) is 0 Å². The summed E-state index contributed by atoms with van der Waals surface area (Å²) in [4.78, 5) is 4.44. The predicted molar refractivity (Wildman–Crippen MR) is 63.6 cm³/mol. The van der Waals surface area contributed by atoms with Crippen LogP contribution in [0.3, 0.4) is 0 Å². The van der Waals surface area contributed by atoms with Crippen molar-refractivity contribution >= 4 is 10.9 Å². The summed E-state index contributed by atoms with van der Waals surface area (Å²) in [5, 5.41) is 1.12. The molecular weight excluding hydrogens is 184 g/mol. The monoisotopic (exact) mass is 198 g/mol. The van der Waals surface area contributed by atoms with Gasteiger partial charge in [-0.2, -0.15) is 0 Å². The first-order valence-corrected chi connectivity index (χ1v) is 4.96. The molecule has 15 heavy (non-hydrogen) atoms. The minimum Gasteiger partial charge on any atom is -0.321 e. The van der Waals surface area contributed by atoms with Crippen LogP contribution in [0.25, 0.3) is 10.9 Å². The Morgan fingerprint density at radius 2 is 2.13 bits per heavy atom. The molecule has 2 heteroatoms. The van der Waals surface area contributed by atoms with Gasteiger partial charge in [-0.25, -0.2) is 0 Å². The Balaban J connectivity index is 2.56. The summed E-state index contributed by atoms with van der Waals surface area (Å²) in [5.41, 5.74) is 8.99. The number of fused-ring (bicyclic) bond motifs is 1. The van der Waals surface area contributed by atoms with Gasteiger partial charge in [-0.3, -0.25) is 4.98 Å². The van der Waals surface area contributed by atoms with Crippen molar-refractivity contribution in [2.45, 2.75) is 13.0 Å². The summed E-state index contributed by atoms with van der Waals surface area (Å²) in [6.45, 7) is 5.68. The zero-order chi connectivity index (χ0) is 10.8. The average molecular weight is 198 g/mol. The van der Waals surface area contributed by atoms with E-state index in [0.29, 0.717) is 0 Å². The van der Waals surface area contributed by atoms with Crippen LogP contribution in [0.2, 0.25) is 0 Å². The highest BCUT2D eigenvalue weighted by molar-refractivity contribution is 5.79. The van der Waals surface area contributed by atoms with E-state index in [1.807, 2.05) is 25.1 Å². The fourth-order valence-corrected chi connectivity index (χ4v) is 1.59. The fraction of sp³-hybridized carbons (Fsp3) is 0.154. The average Bonchev–Trinajstić information content (AvgIpc) is 2.27. The van der Waals surface area contributed by atoms with Crippen molar-refractivity contribution in [1.82, 2.24) is 4.98 Å². The molecule has 0 unspecified atom stereocenters. The summed E-state index contributed by atoms with van der Waals surface area (Å²) in [7, 11) is 0. The zero-order valence-electron chi connectivity index (χ0n) is 8.77. The van der Waals surface area contributed by atoms with Gasteiger partial charge in [0.1, 0.15) is 0 Å². The molecule has 1 heterocycles. The Kier molecular flexibility index (Phi) is 2.52. The Labute approximate surface area is 89.4 Å². The largest absolute Gasteiger partial charge is 0.321 e. The van der Waals surface area contributed by atoms with Crippen LogP contribution in [0.4, 0.5) is 0 Å². The van der Waals surface area contributed by atoms with Crippen LogP contribution in [0, 0.1) is 6.92 Å². The number of hydrogen-bond acceptors (Lipinski definition) is 2. The van der Waals surface area contributed by atoms with E-state index in [4.69, 9.17) is 5.73 Å². The number of nitrogens with two attached hydrogens (primary N) is 1. The molecule has 0 bridgehead atoms. The van der Waals surface area contributed by atoms with Gasteiger partial charge >= 0.3 is 0 Å². The summed E-state index contributed by atoms with van der Waals surface area (Å²) < 4.78 is 0. The maximum Gasteiger partial charge on any atom is 0.0705 e. The number of rotatable bonds is 2. The van der Waals surface area contributed by atoms with Gasteiger partial charge in [0.05, 0.1) is 5.52 Å². The van der Waals surface area contributed by atoms with E-state index in [1.54, 1.807) is 6.08 Å². The molecule has 0 radical (unpaired) electrons. The van der Waals surface area contributed by atoms with Crippen LogP contribution in [0.1, 0.15) is 17.3 Å². The van der Waals surface area contributed by atoms with Crippen LogP contribution in [0.15, 0.2) is 43.0 Å². The van der Waals surface area contributed by atoms with Crippen LogP contribution < -0.4 is 5.73 Å². The maximum absolute atomic E-state index is 5.88. The molecule has 2 N–H and O–H groups in total. The van der Waals surface area contributed by atoms with Gasteiger partial charge in [0.25, 0.3) is 0 Å². The summed E-state index contributed by atoms with van der Waals surface area (Å²) in [5.74, 6) is 0. The third-order valence-electron chi connectivity index (χ3n) is 2.49. The number of pyridine rings is 1. The van der Waals surface area contributed by atoms with E-state index in [9.17, 15) is 0 Å². The minimum absolute atomic E-state index is 0.101. The van der Waals surface area contributed by atoms with E-state index in [-0.39, 0.29) is 6.04 Å². The smallest absolute Gasteiger partial charge is 0.0705 e. The molecule has 0 saturated heterocycles. The molecular formula is C13H14N2. The molecule has 1 aromatic heterocycles. The topological polar surface area (TPSA) is 38.9 Å². The molecule has 2 nitrogen and oxygen atoms in total. The molecule has 0 aliphatic heterocycles. The standard InChI is InChI=1S/C13H14N2/c1-3-12(14)10-6-7-13-11(8-10)5-4-9(2)15-13/h3-8,12H,1,14H2,2H3/t12-/m0/s1. The molecule has 0 fully saturated rings. The van der Waals surface area contributed by atoms with Crippen LogP contribution in [-0.4, -0.2) is 4.98 Å². The number of hydrogen-bond donors (Lipinski definition) is 1. The van der Waals surface area contributed by atoms with Crippen molar-refractivity contribution in [2.24, 2.45) is 5.73 Å². The van der Waals surface area contributed by atoms with Crippen molar-refractivity contribution in [3.63, 3.8) is 0 Å². The second-order valence-corrected chi connectivity index (χ2v) is 3.67. The quantitative estimate of drug-likeness (QED) is 0.753. The molecule has 0 amide bonds. The number of benzene rings is 1. The van der Waals surface area contributed by atoms with Crippen molar-refractivity contribution in [3.8, 4) is 0 Å². The SMILES string of the molecule is C=C[C@H](N)c1ccc2nc(C)ccc2c1. The molecule has 0 aliphatic carbocycles. The first kappa shape index (κ1) is 9.87. The first-order valence-electron chi connectivity index (χ1n) is 4.96. The maximum atomic E-state index is 5.88. The molecule has 2 rings (SSSR count). The van der Waals surface area contributed by atoms with Gasteiger partial charge in [-0.15, -0.1) is 6.58 Å². The number of aryl methyl sites for hydroxylation is 1. The lowest BCUT2D eigenvalue weighted by Crippen LogP contribution is -2.06. The van der Waals surface area contributed by atoms with Crippen molar-refractivity contribution in [3.05, 3.63) is 54.2 Å². The Morgan fingerprint density at radius 1 is 1.33 bits per heavy atom. The lowest BCUT2D eigenvalue weighted by atomic mass is 10.0. The zero-order valence-corrected chi connectivity index (χ0v) is 8.77. The highest BCUT2D eigenvalue weighted by Gasteiger charge is 2.02. The van der Waals surface area contributed by atoms with E-state index in [2.05, 4.69) is 23.7 Å². The normalized spacial score (nSPS) is 12.7. The van der Waals surface area contributed by atoms with Crippen LogP contribution >= 0.6 is 0 Å². The van der Waals surface area contributed by atoms with Crippen molar-refractivity contribution in [2.75, 3.05) is 0 Å². The third kappa shape index (κ3) is 1.90. The van der Waals surface area contributed by atoms with Crippen molar-refractivity contribution in [1.29, 1.82) is 0 Å². The van der Waals surface area contributed by atoms with E-state index >= 15 is 0 Å². The Bertz CT molecular complexity index is 503. The second-order valence-electron chi connectivity index (χ2n) is 3.67. The molecule has 0 spiro atoms. The molecule has 76 valence electrons. The van der Waals surface area contributed by atoms with Gasteiger partial charge < -0.3 is 5.73 Å². The van der Waals surface area contributed by atoms with E-state index < -0.39 is 0 Å². The van der Waals surface area contributed by atoms with Gasteiger partial charge in [0, 0.05) is 17.1 Å². The first-order chi connectivity index (χ1) is 7.20. The minimum atomic E-state index is -0.101. The fourth-order valence-electron chi connectivity index (χ4n) is 1.59. The lowest BCUT2D eigenvalue weighted by molar-refractivity contribution is 0.916. The van der Waals surface area contributed by atoms with Gasteiger partial charge in [-0.05, 0) is 30.7 Å². The molecule has 1 atom stereocenters. The van der Waals surface area contributed by atoms with Crippen molar-refractivity contribution < 1.29 is 0 Å². The predicted octanol–water partition coefficient (Wildman–Crippen LogP) is 2.73. The lowest BCUT2D eigenvalue weighted by Gasteiger charge is -2.07. The van der Waals surface area contributed by atoms with E-state index in [0.717, 1.165) is 22.2 Å². The third-order valence-corrected chi connectivity index (χ3v) is 2.49. The summed E-state index contributed by atoms with van der Waals surface area (Å²) in [6, 6.07) is 10.0. The number of aromatic nitrogens is 1. The molecule has 0 aliphatic rings. The molecule has 1 aromatic carbocycles.